The van der Waals surface area contributed by atoms with E-state index < -0.39 is 0 Å². The number of hydrogen-bond acceptors (Lipinski definition) is 6. The fourth-order valence-electron chi connectivity index (χ4n) is 1.82. The summed E-state index contributed by atoms with van der Waals surface area (Å²) in [6, 6.07) is 3.97. The van der Waals surface area contributed by atoms with Gasteiger partial charge in [-0.25, -0.2) is 15.0 Å². The highest BCUT2D eigenvalue weighted by Crippen LogP contribution is 2.16. The molecule has 0 amide bonds. The zero-order valence-electron chi connectivity index (χ0n) is 12.1. The van der Waals surface area contributed by atoms with Crippen molar-refractivity contribution in [1.82, 2.24) is 15.0 Å². The lowest BCUT2D eigenvalue weighted by Crippen LogP contribution is -2.19. The molecule has 0 aromatic carbocycles. The van der Waals surface area contributed by atoms with Crippen molar-refractivity contribution >= 4 is 17.5 Å². The molecule has 6 heteroatoms. The summed E-state index contributed by atoms with van der Waals surface area (Å²) >= 11 is 0. The Kier molecular flexibility index (Phi) is 4.70. The van der Waals surface area contributed by atoms with Gasteiger partial charge >= 0.3 is 0 Å². The van der Waals surface area contributed by atoms with Crippen LogP contribution < -0.4 is 15.5 Å². The van der Waals surface area contributed by atoms with Gasteiger partial charge in [-0.3, -0.25) is 0 Å². The number of rotatable bonds is 6. The second-order valence-electron chi connectivity index (χ2n) is 4.65. The minimum Gasteiger partial charge on any atom is -0.368 e. The van der Waals surface area contributed by atoms with Gasteiger partial charge in [0, 0.05) is 45.8 Å². The van der Waals surface area contributed by atoms with Gasteiger partial charge in [0.25, 0.3) is 0 Å². The average molecular weight is 272 g/mol. The standard InChI is InChI=1S/C14H20N6/c1-11-5-4-6-15-12(11)16-7-8-17-13-14(20(2)3)19-10-9-18-13/h4-6,9-10H,7-8H2,1-3H3,(H,15,16)(H,17,18). The van der Waals surface area contributed by atoms with Crippen molar-refractivity contribution in [2.45, 2.75) is 6.92 Å². The van der Waals surface area contributed by atoms with Gasteiger partial charge in [-0.15, -0.1) is 0 Å². The number of nitrogens with zero attached hydrogens (tertiary/aromatic N) is 4. The van der Waals surface area contributed by atoms with Crippen molar-refractivity contribution in [3.8, 4) is 0 Å². The molecule has 2 aromatic rings. The van der Waals surface area contributed by atoms with Gasteiger partial charge < -0.3 is 15.5 Å². The third-order valence-corrected chi connectivity index (χ3v) is 2.82. The predicted octanol–water partition coefficient (Wildman–Crippen LogP) is 1.77. The summed E-state index contributed by atoms with van der Waals surface area (Å²) in [5.41, 5.74) is 1.14. The Morgan fingerprint density at radius 2 is 1.60 bits per heavy atom. The van der Waals surface area contributed by atoms with E-state index in [0.29, 0.717) is 0 Å². The van der Waals surface area contributed by atoms with Gasteiger partial charge in [-0.2, -0.15) is 0 Å². The lowest BCUT2D eigenvalue weighted by Gasteiger charge is -2.16. The van der Waals surface area contributed by atoms with E-state index in [0.717, 1.165) is 36.1 Å². The highest BCUT2D eigenvalue weighted by molar-refractivity contribution is 5.59. The number of hydrogen-bond donors (Lipinski definition) is 2. The van der Waals surface area contributed by atoms with Crippen molar-refractivity contribution in [3.05, 3.63) is 36.3 Å². The van der Waals surface area contributed by atoms with Crippen molar-refractivity contribution in [1.29, 1.82) is 0 Å². The SMILES string of the molecule is Cc1cccnc1NCCNc1nccnc1N(C)C. The molecule has 0 fully saturated rings. The molecule has 20 heavy (non-hydrogen) atoms. The molecule has 0 saturated carbocycles. The molecular formula is C14H20N6. The second-order valence-corrected chi connectivity index (χ2v) is 4.65. The molecule has 0 saturated heterocycles. The van der Waals surface area contributed by atoms with E-state index in [1.807, 2.05) is 38.1 Å². The lowest BCUT2D eigenvalue weighted by molar-refractivity contribution is 1.000. The summed E-state index contributed by atoms with van der Waals surface area (Å²) in [5.74, 6) is 2.54. The first-order chi connectivity index (χ1) is 9.68. The van der Waals surface area contributed by atoms with Crippen LogP contribution in [0.15, 0.2) is 30.7 Å². The van der Waals surface area contributed by atoms with E-state index in [4.69, 9.17) is 0 Å². The van der Waals surface area contributed by atoms with Gasteiger partial charge in [0.05, 0.1) is 0 Å². The predicted molar refractivity (Wildman–Crippen MR) is 82.3 cm³/mol. The zero-order valence-corrected chi connectivity index (χ0v) is 12.1. The molecule has 0 aliphatic rings. The highest BCUT2D eigenvalue weighted by atomic mass is 15.2. The van der Waals surface area contributed by atoms with Gasteiger partial charge in [0.1, 0.15) is 5.82 Å². The zero-order chi connectivity index (χ0) is 14.4. The van der Waals surface area contributed by atoms with Crippen LogP contribution in [0.2, 0.25) is 0 Å². The molecule has 0 radical (unpaired) electrons. The van der Waals surface area contributed by atoms with Crippen LogP contribution in [0.5, 0.6) is 0 Å². The molecule has 2 heterocycles. The molecule has 106 valence electrons. The van der Waals surface area contributed by atoms with E-state index in [9.17, 15) is 0 Å². The molecule has 0 unspecified atom stereocenters. The Bertz CT molecular complexity index is 555. The Hall–Kier alpha value is -2.37. The summed E-state index contributed by atoms with van der Waals surface area (Å²) in [6.07, 6.45) is 5.16. The van der Waals surface area contributed by atoms with Crippen LogP contribution in [0.3, 0.4) is 0 Å². The number of aryl methyl sites for hydroxylation is 1. The molecule has 2 aromatic heterocycles. The van der Waals surface area contributed by atoms with Gasteiger partial charge in [0.2, 0.25) is 0 Å². The molecule has 0 aliphatic heterocycles. The molecule has 0 aliphatic carbocycles. The number of anilines is 3. The Balaban J connectivity index is 1.86. The summed E-state index contributed by atoms with van der Waals surface area (Å²) in [7, 11) is 3.90. The summed E-state index contributed by atoms with van der Waals surface area (Å²) in [6.45, 7) is 3.55. The molecular weight excluding hydrogens is 252 g/mol. The molecule has 0 bridgehead atoms. The summed E-state index contributed by atoms with van der Waals surface area (Å²) in [5, 5.41) is 6.58. The maximum atomic E-state index is 4.30. The average Bonchev–Trinajstić information content (AvgIpc) is 2.45. The topological polar surface area (TPSA) is 66.0 Å². The van der Waals surface area contributed by atoms with Crippen molar-refractivity contribution in [3.63, 3.8) is 0 Å². The Morgan fingerprint density at radius 1 is 0.950 bits per heavy atom. The summed E-state index contributed by atoms with van der Waals surface area (Å²) in [4.78, 5) is 14.8. The fraction of sp³-hybridized carbons (Fsp3) is 0.357. The van der Waals surface area contributed by atoms with Crippen LogP contribution in [0.25, 0.3) is 0 Å². The summed E-state index contributed by atoms with van der Waals surface area (Å²) < 4.78 is 0. The van der Waals surface area contributed by atoms with Crippen LogP contribution in [0.4, 0.5) is 17.5 Å². The van der Waals surface area contributed by atoms with Crippen molar-refractivity contribution in [2.24, 2.45) is 0 Å². The van der Waals surface area contributed by atoms with E-state index in [-0.39, 0.29) is 0 Å². The third kappa shape index (κ3) is 3.57. The first kappa shape index (κ1) is 14.0. The van der Waals surface area contributed by atoms with Crippen LogP contribution in [0.1, 0.15) is 5.56 Å². The number of nitrogens with one attached hydrogen (secondary N) is 2. The fourth-order valence-corrected chi connectivity index (χ4v) is 1.82. The molecule has 0 spiro atoms. The maximum absolute atomic E-state index is 4.30. The van der Waals surface area contributed by atoms with Gasteiger partial charge in [0.15, 0.2) is 11.6 Å². The van der Waals surface area contributed by atoms with E-state index in [2.05, 4.69) is 25.6 Å². The molecule has 2 N–H and O–H groups in total. The van der Waals surface area contributed by atoms with E-state index in [1.165, 1.54) is 0 Å². The minimum atomic E-state index is 0.746. The Morgan fingerprint density at radius 3 is 2.30 bits per heavy atom. The highest BCUT2D eigenvalue weighted by Gasteiger charge is 2.05. The first-order valence-electron chi connectivity index (χ1n) is 6.56. The smallest absolute Gasteiger partial charge is 0.171 e. The quantitative estimate of drug-likeness (QED) is 0.781. The van der Waals surface area contributed by atoms with Crippen molar-refractivity contribution < 1.29 is 0 Å². The van der Waals surface area contributed by atoms with Crippen LogP contribution in [-0.4, -0.2) is 42.1 Å². The molecule has 2 rings (SSSR count). The third-order valence-electron chi connectivity index (χ3n) is 2.82. The first-order valence-corrected chi connectivity index (χ1v) is 6.56. The molecule has 0 atom stereocenters. The maximum Gasteiger partial charge on any atom is 0.171 e. The van der Waals surface area contributed by atoms with Gasteiger partial charge in [-0.1, -0.05) is 6.07 Å². The lowest BCUT2D eigenvalue weighted by atomic mass is 10.3. The van der Waals surface area contributed by atoms with E-state index >= 15 is 0 Å². The van der Waals surface area contributed by atoms with Crippen LogP contribution in [0, 0.1) is 6.92 Å². The second kappa shape index (κ2) is 6.70. The number of pyridine rings is 1. The van der Waals surface area contributed by atoms with Crippen molar-refractivity contribution in [2.75, 3.05) is 42.7 Å². The molecule has 6 nitrogen and oxygen atoms in total. The van der Waals surface area contributed by atoms with Crippen LogP contribution in [-0.2, 0) is 0 Å². The monoisotopic (exact) mass is 272 g/mol. The largest absolute Gasteiger partial charge is 0.368 e. The van der Waals surface area contributed by atoms with Crippen LogP contribution >= 0.6 is 0 Å². The van der Waals surface area contributed by atoms with Gasteiger partial charge in [-0.05, 0) is 18.6 Å². The Labute approximate surface area is 119 Å². The van der Waals surface area contributed by atoms with E-state index in [1.54, 1.807) is 18.6 Å². The normalized spacial score (nSPS) is 10.2. The number of aromatic nitrogens is 3. The minimum absolute atomic E-state index is 0.746.